The van der Waals surface area contributed by atoms with Gasteiger partial charge in [-0.2, -0.15) is 0 Å². The molecule has 0 aromatic carbocycles. The van der Waals surface area contributed by atoms with Gasteiger partial charge in [0.25, 0.3) is 0 Å². The molecule has 1 atom stereocenters. The largest absolute Gasteiger partial charge is 0.396 e. The summed E-state index contributed by atoms with van der Waals surface area (Å²) in [7, 11) is 1.72. The third-order valence-electron chi connectivity index (χ3n) is 3.37. The molecule has 0 spiro atoms. The van der Waals surface area contributed by atoms with Gasteiger partial charge in [0.2, 0.25) is 0 Å². The summed E-state index contributed by atoms with van der Waals surface area (Å²) in [6.07, 6.45) is 5.69. The van der Waals surface area contributed by atoms with E-state index < -0.39 is 0 Å². The SMILES string of the molecule is COCCCOCCN1CCCCC1CCO. The van der Waals surface area contributed by atoms with Gasteiger partial charge in [0, 0.05) is 39.5 Å². The number of likely N-dealkylation sites (tertiary alicyclic amines) is 1. The summed E-state index contributed by atoms with van der Waals surface area (Å²) in [5.41, 5.74) is 0. The van der Waals surface area contributed by atoms with E-state index in [1.807, 2.05) is 0 Å². The summed E-state index contributed by atoms with van der Waals surface area (Å²) >= 11 is 0. The summed E-state index contributed by atoms with van der Waals surface area (Å²) in [6.45, 7) is 4.81. The van der Waals surface area contributed by atoms with Crippen molar-refractivity contribution in [1.29, 1.82) is 0 Å². The molecule has 4 nitrogen and oxygen atoms in total. The van der Waals surface area contributed by atoms with Crippen LogP contribution in [0, 0.1) is 0 Å². The van der Waals surface area contributed by atoms with Crippen LogP contribution >= 0.6 is 0 Å². The topological polar surface area (TPSA) is 41.9 Å². The Morgan fingerprint density at radius 2 is 2.12 bits per heavy atom. The van der Waals surface area contributed by atoms with Gasteiger partial charge in [-0.15, -0.1) is 0 Å². The van der Waals surface area contributed by atoms with Crippen LogP contribution in [0.5, 0.6) is 0 Å². The first-order valence-corrected chi connectivity index (χ1v) is 6.80. The average Bonchev–Trinajstić information content (AvgIpc) is 2.36. The molecule has 4 heteroatoms. The Balaban J connectivity index is 2.06. The smallest absolute Gasteiger partial charge is 0.0593 e. The minimum atomic E-state index is 0.301. The van der Waals surface area contributed by atoms with Crippen LogP contribution in [0.4, 0.5) is 0 Å². The molecule has 0 radical (unpaired) electrons. The summed E-state index contributed by atoms with van der Waals surface area (Å²) < 4.78 is 10.5. The molecule has 0 amide bonds. The van der Waals surface area contributed by atoms with Gasteiger partial charge in [0.15, 0.2) is 0 Å². The van der Waals surface area contributed by atoms with Crippen LogP contribution in [0.25, 0.3) is 0 Å². The van der Waals surface area contributed by atoms with Crippen molar-refractivity contribution in [1.82, 2.24) is 4.90 Å². The fourth-order valence-corrected chi connectivity index (χ4v) is 2.42. The number of aliphatic hydroxyl groups excluding tert-OH is 1. The first-order chi connectivity index (χ1) is 8.38. The summed E-state index contributed by atoms with van der Waals surface area (Å²) in [6, 6.07) is 0.566. The second-order valence-electron chi connectivity index (χ2n) is 4.66. The van der Waals surface area contributed by atoms with Crippen molar-refractivity contribution >= 4 is 0 Å². The predicted molar refractivity (Wildman–Crippen MR) is 68.2 cm³/mol. The molecule has 0 aromatic heterocycles. The van der Waals surface area contributed by atoms with E-state index in [4.69, 9.17) is 14.6 Å². The van der Waals surface area contributed by atoms with Crippen molar-refractivity contribution in [2.24, 2.45) is 0 Å². The van der Waals surface area contributed by atoms with E-state index in [1.54, 1.807) is 7.11 Å². The normalized spacial score (nSPS) is 21.9. The Morgan fingerprint density at radius 3 is 2.88 bits per heavy atom. The van der Waals surface area contributed by atoms with E-state index in [1.165, 1.54) is 19.3 Å². The van der Waals surface area contributed by atoms with Gasteiger partial charge in [-0.25, -0.2) is 0 Å². The number of hydrogen-bond donors (Lipinski definition) is 1. The van der Waals surface area contributed by atoms with Crippen LogP contribution in [0.2, 0.25) is 0 Å². The van der Waals surface area contributed by atoms with E-state index in [0.29, 0.717) is 12.6 Å². The first kappa shape index (κ1) is 14.9. The quantitative estimate of drug-likeness (QED) is 0.621. The Bertz CT molecular complexity index is 176. The molecule has 102 valence electrons. The minimum Gasteiger partial charge on any atom is -0.396 e. The number of aliphatic hydroxyl groups is 1. The predicted octanol–water partition coefficient (Wildman–Crippen LogP) is 1.28. The van der Waals surface area contributed by atoms with Gasteiger partial charge < -0.3 is 14.6 Å². The van der Waals surface area contributed by atoms with Crippen molar-refractivity contribution in [3.8, 4) is 0 Å². The second kappa shape index (κ2) is 9.83. The second-order valence-corrected chi connectivity index (χ2v) is 4.66. The Labute approximate surface area is 105 Å². The van der Waals surface area contributed by atoms with Gasteiger partial charge in [-0.1, -0.05) is 6.42 Å². The van der Waals surface area contributed by atoms with Crippen LogP contribution in [0.1, 0.15) is 32.1 Å². The zero-order chi connectivity index (χ0) is 12.3. The van der Waals surface area contributed by atoms with Crippen molar-refractivity contribution in [3.05, 3.63) is 0 Å². The van der Waals surface area contributed by atoms with Gasteiger partial charge in [-0.05, 0) is 32.2 Å². The maximum atomic E-state index is 9.03. The summed E-state index contributed by atoms with van der Waals surface area (Å²) in [5, 5.41) is 9.03. The molecular weight excluding hydrogens is 218 g/mol. The molecule has 1 rings (SSSR count). The van der Waals surface area contributed by atoms with Crippen molar-refractivity contribution in [2.75, 3.05) is 46.6 Å². The molecule has 1 aliphatic rings. The lowest BCUT2D eigenvalue weighted by molar-refractivity contribution is 0.0543. The molecule has 0 aliphatic carbocycles. The highest BCUT2D eigenvalue weighted by Crippen LogP contribution is 2.18. The Kier molecular flexibility index (Phi) is 8.61. The average molecular weight is 245 g/mol. The van der Waals surface area contributed by atoms with Crippen molar-refractivity contribution < 1.29 is 14.6 Å². The molecule has 1 saturated heterocycles. The zero-order valence-electron chi connectivity index (χ0n) is 11.1. The molecule has 0 aromatic rings. The van der Waals surface area contributed by atoms with E-state index in [-0.39, 0.29) is 0 Å². The zero-order valence-corrected chi connectivity index (χ0v) is 11.1. The van der Waals surface area contributed by atoms with E-state index >= 15 is 0 Å². The molecule has 1 aliphatic heterocycles. The lowest BCUT2D eigenvalue weighted by atomic mass is 10.00. The molecule has 0 saturated carbocycles. The van der Waals surface area contributed by atoms with Crippen molar-refractivity contribution in [3.63, 3.8) is 0 Å². The molecule has 1 heterocycles. The van der Waals surface area contributed by atoms with Crippen LogP contribution < -0.4 is 0 Å². The maximum absolute atomic E-state index is 9.03. The maximum Gasteiger partial charge on any atom is 0.0593 e. The fourth-order valence-electron chi connectivity index (χ4n) is 2.42. The van der Waals surface area contributed by atoms with Crippen LogP contribution in [0.3, 0.4) is 0 Å². The highest BCUT2D eigenvalue weighted by atomic mass is 16.5. The van der Waals surface area contributed by atoms with Crippen LogP contribution in [-0.2, 0) is 9.47 Å². The number of piperidine rings is 1. The van der Waals surface area contributed by atoms with E-state index in [0.717, 1.165) is 45.8 Å². The van der Waals surface area contributed by atoms with Gasteiger partial charge >= 0.3 is 0 Å². The molecule has 1 fully saturated rings. The Morgan fingerprint density at radius 1 is 1.24 bits per heavy atom. The van der Waals surface area contributed by atoms with Gasteiger partial charge in [0.1, 0.15) is 0 Å². The molecule has 1 unspecified atom stereocenters. The molecule has 17 heavy (non-hydrogen) atoms. The monoisotopic (exact) mass is 245 g/mol. The van der Waals surface area contributed by atoms with Crippen LogP contribution in [0.15, 0.2) is 0 Å². The van der Waals surface area contributed by atoms with Crippen LogP contribution in [-0.4, -0.2) is 62.7 Å². The van der Waals surface area contributed by atoms with Gasteiger partial charge in [0.05, 0.1) is 6.61 Å². The lowest BCUT2D eigenvalue weighted by Crippen LogP contribution is -2.41. The number of nitrogens with zero attached hydrogens (tertiary/aromatic N) is 1. The number of ether oxygens (including phenoxy) is 2. The summed E-state index contributed by atoms with van der Waals surface area (Å²) in [4.78, 5) is 2.47. The Hall–Kier alpha value is -0.160. The van der Waals surface area contributed by atoms with E-state index in [2.05, 4.69) is 4.90 Å². The highest BCUT2D eigenvalue weighted by Gasteiger charge is 2.21. The van der Waals surface area contributed by atoms with Gasteiger partial charge in [-0.3, -0.25) is 4.90 Å². The first-order valence-electron chi connectivity index (χ1n) is 6.80. The number of rotatable bonds is 9. The number of hydrogen-bond acceptors (Lipinski definition) is 4. The van der Waals surface area contributed by atoms with E-state index in [9.17, 15) is 0 Å². The van der Waals surface area contributed by atoms with Crippen molar-refractivity contribution in [2.45, 2.75) is 38.1 Å². The number of methoxy groups -OCH3 is 1. The third kappa shape index (κ3) is 6.36. The molecular formula is C13H27NO3. The minimum absolute atomic E-state index is 0.301. The molecule has 1 N–H and O–H groups in total. The standard InChI is InChI=1S/C13H27NO3/c1-16-10-4-11-17-12-8-14-7-3-2-5-13(14)6-9-15/h13,15H,2-12H2,1H3. The third-order valence-corrected chi connectivity index (χ3v) is 3.37. The fraction of sp³-hybridized carbons (Fsp3) is 1.00. The lowest BCUT2D eigenvalue weighted by Gasteiger charge is -2.35. The highest BCUT2D eigenvalue weighted by molar-refractivity contribution is 4.76. The summed E-state index contributed by atoms with van der Waals surface area (Å²) in [5.74, 6) is 0. The molecule has 0 bridgehead atoms.